The fraction of sp³-hybridized carbons (Fsp3) is 0.280. The Bertz CT molecular complexity index is 1540. The molecule has 1 saturated carbocycles. The van der Waals surface area contributed by atoms with Crippen LogP contribution in [0.3, 0.4) is 0 Å². The van der Waals surface area contributed by atoms with Crippen molar-refractivity contribution >= 4 is 33.2 Å². The van der Waals surface area contributed by atoms with Crippen LogP contribution >= 0.6 is 0 Å². The summed E-state index contributed by atoms with van der Waals surface area (Å²) in [5.74, 6) is 1.50. The van der Waals surface area contributed by atoms with E-state index in [2.05, 4.69) is 0 Å². The number of ether oxygens (including phenoxy) is 1. The van der Waals surface area contributed by atoms with Crippen LogP contribution in [0.4, 0.5) is 0 Å². The van der Waals surface area contributed by atoms with Crippen molar-refractivity contribution in [1.29, 1.82) is 0 Å². The van der Waals surface area contributed by atoms with Crippen molar-refractivity contribution in [2.45, 2.75) is 38.6 Å². The molecule has 0 atom stereocenters. The Balaban J connectivity index is 1.76. The van der Waals surface area contributed by atoms with Gasteiger partial charge in [0, 0.05) is 11.7 Å². The standard InChI is InChI=1S/C25H23N5O2/c1-15-26-23-21(25(31)29(15)16-7-3-4-8-16)22-24(28-20-10-6-5-9-19(20)27-22)30(23)17-11-13-18(32-2)14-12-17/h5-6,9-14,16H,3-4,7-8H2,1-2H3. The fourth-order valence-electron chi connectivity index (χ4n) is 4.98. The van der Waals surface area contributed by atoms with Crippen molar-refractivity contribution in [3.63, 3.8) is 0 Å². The zero-order valence-corrected chi connectivity index (χ0v) is 18.1. The van der Waals surface area contributed by atoms with E-state index in [1.807, 2.05) is 64.6 Å². The Labute approximate surface area is 184 Å². The number of para-hydroxylation sites is 2. The van der Waals surface area contributed by atoms with Crippen LogP contribution in [0.15, 0.2) is 53.3 Å². The molecule has 0 N–H and O–H groups in total. The number of rotatable bonds is 3. The first-order valence-electron chi connectivity index (χ1n) is 11.0. The average molecular weight is 425 g/mol. The molecule has 3 aromatic heterocycles. The van der Waals surface area contributed by atoms with Gasteiger partial charge in [-0.2, -0.15) is 0 Å². The molecule has 0 amide bonds. The highest BCUT2D eigenvalue weighted by Crippen LogP contribution is 2.32. The monoisotopic (exact) mass is 425 g/mol. The maximum atomic E-state index is 13.9. The zero-order valence-electron chi connectivity index (χ0n) is 18.1. The Kier molecular flexibility index (Phi) is 4.24. The van der Waals surface area contributed by atoms with Gasteiger partial charge in [-0.25, -0.2) is 15.0 Å². The highest BCUT2D eigenvalue weighted by atomic mass is 16.5. The summed E-state index contributed by atoms with van der Waals surface area (Å²) >= 11 is 0. The minimum Gasteiger partial charge on any atom is -0.497 e. The van der Waals surface area contributed by atoms with Crippen LogP contribution in [-0.4, -0.2) is 31.2 Å². The lowest BCUT2D eigenvalue weighted by Gasteiger charge is -2.16. The van der Waals surface area contributed by atoms with E-state index in [-0.39, 0.29) is 11.6 Å². The number of aryl methyl sites for hydroxylation is 1. The van der Waals surface area contributed by atoms with Gasteiger partial charge in [0.05, 0.1) is 18.1 Å². The van der Waals surface area contributed by atoms with Gasteiger partial charge < -0.3 is 4.74 Å². The first kappa shape index (κ1) is 19.0. The van der Waals surface area contributed by atoms with Gasteiger partial charge in [-0.3, -0.25) is 13.9 Å². The molecule has 6 rings (SSSR count). The molecule has 7 nitrogen and oxygen atoms in total. The van der Waals surface area contributed by atoms with Crippen LogP contribution in [0.1, 0.15) is 37.5 Å². The van der Waals surface area contributed by atoms with E-state index >= 15 is 0 Å². The second kappa shape index (κ2) is 7.15. The largest absolute Gasteiger partial charge is 0.497 e. The second-order valence-corrected chi connectivity index (χ2v) is 8.39. The number of fused-ring (bicyclic) bond motifs is 4. The van der Waals surface area contributed by atoms with Crippen LogP contribution in [0.2, 0.25) is 0 Å². The quantitative estimate of drug-likeness (QED) is 0.418. The molecule has 0 spiro atoms. The summed E-state index contributed by atoms with van der Waals surface area (Å²) in [4.78, 5) is 28.6. The van der Waals surface area contributed by atoms with E-state index in [1.165, 1.54) is 0 Å². The van der Waals surface area contributed by atoms with Gasteiger partial charge in [0.15, 0.2) is 11.3 Å². The fourth-order valence-corrected chi connectivity index (χ4v) is 4.98. The number of aromatic nitrogens is 5. The Morgan fingerprint density at radius 2 is 1.59 bits per heavy atom. The molecule has 5 aromatic rings. The molecule has 1 aliphatic carbocycles. The first-order chi connectivity index (χ1) is 15.7. The third kappa shape index (κ3) is 2.74. The third-order valence-electron chi connectivity index (χ3n) is 6.51. The van der Waals surface area contributed by atoms with Crippen LogP contribution in [0, 0.1) is 6.92 Å². The molecule has 0 aliphatic heterocycles. The van der Waals surface area contributed by atoms with E-state index in [0.717, 1.165) is 54.0 Å². The van der Waals surface area contributed by atoms with Crippen LogP contribution < -0.4 is 10.3 Å². The topological polar surface area (TPSA) is 74.8 Å². The summed E-state index contributed by atoms with van der Waals surface area (Å²) in [6.07, 6.45) is 4.32. The van der Waals surface area contributed by atoms with E-state index in [0.29, 0.717) is 22.2 Å². The maximum Gasteiger partial charge on any atom is 0.265 e. The summed E-state index contributed by atoms with van der Waals surface area (Å²) < 4.78 is 9.14. The molecule has 32 heavy (non-hydrogen) atoms. The van der Waals surface area contributed by atoms with Crippen molar-refractivity contribution in [3.05, 3.63) is 64.7 Å². The normalized spacial score (nSPS) is 14.7. The minimum absolute atomic E-state index is 0.0266. The minimum atomic E-state index is -0.0266. The lowest BCUT2D eigenvalue weighted by atomic mass is 10.2. The van der Waals surface area contributed by atoms with Gasteiger partial charge in [-0.05, 0) is 56.2 Å². The van der Waals surface area contributed by atoms with Crippen LogP contribution in [0.25, 0.3) is 38.9 Å². The van der Waals surface area contributed by atoms with E-state index in [1.54, 1.807) is 7.11 Å². The molecule has 7 heteroatoms. The number of hydrogen-bond donors (Lipinski definition) is 0. The number of benzene rings is 2. The molecular formula is C25H23N5O2. The van der Waals surface area contributed by atoms with E-state index in [4.69, 9.17) is 19.7 Å². The molecule has 3 heterocycles. The Morgan fingerprint density at radius 3 is 2.28 bits per heavy atom. The molecule has 160 valence electrons. The van der Waals surface area contributed by atoms with Crippen LogP contribution in [0.5, 0.6) is 5.75 Å². The van der Waals surface area contributed by atoms with Crippen molar-refractivity contribution < 1.29 is 4.74 Å². The molecule has 0 bridgehead atoms. The zero-order chi connectivity index (χ0) is 21.8. The van der Waals surface area contributed by atoms with Crippen molar-refractivity contribution in [2.24, 2.45) is 0 Å². The van der Waals surface area contributed by atoms with Gasteiger partial charge in [0.2, 0.25) is 0 Å². The smallest absolute Gasteiger partial charge is 0.265 e. The Morgan fingerprint density at radius 1 is 0.906 bits per heavy atom. The number of methoxy groups -OCH3 is 1. The molecule has 0 unspecified atom stereocenters. The van der Waals surface area contributed by atoms with Crippen molar-refractivity contribution in [1.82, 2.24) is 24.1 Å². The molecule has 2 aromatic carbocycles. The summed E-state index contributed by atoms with van der Waals surface area (Å²) in [7, 11) is 1.64. The summed E-state index contributed by atoms with van der Waals surface area (Å²) in [5, 5.41) is 0.534. The predicted molar refractivity (Wildman–Crippen MR) is 125 cm³/mol. The summed E-state index contributed by atoms with van der Waals surface area (Å²) in [5.41, 5.74) is 4.21. The summed E-state index contributed by atoms with van der Waals surface area (Å²) in [6.45, 7) is 1.92. The lowest BCUT2D eigenvalue weighted by molar-refractivity contribution is 0.415. The van der Waals surface area contributed by atoms with Crippen molar-refractivity contribution in [2.75, 3.05) is 7.11 Å². The van der Waals surface area contributed by atoms with Gasteiger partial charge in [0.25, 0.3) is 5.56 Å². The van der Waals surface area contributed by atoms with Gasteiger partial charge in [-0.1, -0.05) is 25.0 Å². The van der Waals surface area contributed by atoms with Gasteiger partial charge in [0.1, 0.15) is 22.5 Å². The average Bonchev–Trinajstić information content (AvgIpc) is 3.44. The predicted octanol–water partition coefficient (Wildman–Crippen LogP) is 4.72. The maximum absolute atomic E-state index is 13.9. The molecule has 1 fully saturated rings. The third-order valence-corrected chi connectivity index (χ3v) is 6.51. The lowest BCUT2D eigenvalue weighted by Crippen LogP contribution is -2.27. The Hall–Kier alpha value is -3.74. The van der Waals surface area contributed by atoms with E-state index in [9.17, 15) is 4.79 Å². The molecular weight excluding hydrogens is 402 g/mol. The first-order valence-corrected chi connectivity index (χ1v) is 11.0. The van der Waals surface area contributed by atoms with Crippen molar-refractivity contribution in [3.8, 4) is 11.4 Å². The molecule has 1 aliphatic rings. The van der Waals surface area contributed by atoms with Gasteiger partial charge in [-0.15, -0.1) is 0 Å². The number of hydrogen-bond acceptors (Lipinski definition) is 5. The molecule has 0 radical (unpaired) electrons. The van der Waals surface area contributed by atoms with E-state index < -0.39 is 0 Å². The van der Waals surface area contributed by atoms with Crippen LogP contribution in [-0.2, 0) is 0 Å². The highest BCUT2D eigenvalue weighted by molar-refractivity contribution is 6.05. The second-order valence-electron chi connectivity index (χ2n) is 8.39. The number of nitrogens with zero attached hydrogens (tertiary/aromatic N) is 5. The SMILES string of the molecule is COc1ccc(-n2c3nc4ccccc4nc3c3c(=O)n(C4CCCC4)c(C)nc32)cc1. The highest BCUT2D eigenvalue weighted by Gasteiger charge is 2.26. The summed E-state index contributed by atoms with van der Waals surface area (Å²) in [6, 6.07) is 15.6. The molecule has 0 saturated heterocycles. The van der Waals surface area contributed by atoms with Gasteiger partial charge >= 0.3 is 0 Å².